The van der Waals surface area contributed by atoms with Gasteiger partial charge in [0.2, 0.25) is 0 Å². The maximum atomic E-state index is 12.3. The number of aromatic amines is 1. The number of likely N-dealkylation sites (tertiary alicyclic amines) is 1. The van der Waals surface area contributed by atoms with Gasteiger partial charge < -0.3 is 19.9 Å². The number of anilines is 1. The summed E-state index contributed by atoms with van der Waals surface area (Å²) in [4.78, 5) is 34.0. The highest BCUT2D eigenvalue weighted by atomic mass is 16.4. The molecule has 1 aliphatic heterocycles. The van der Waals surface area contributed by atoms with Crippen molar-refractivity contribution in [1.29, 1.82) is 0 Å². The van der Waals surface area contributed by atoms with E-state index in [9.17, 15) is 9.59 Å². The maximum absolute atomic E-state index is 12.3. The minimum Gasteiger partial charge on any atom is -0.465 e. The summed E-state index contributed by atoms with van der Waals surface area (Å²) in [5, 5.41) is 14.5. The molecule has 0 aromatic carbocycles. The van der Waals surface area contributed by atoms with Crippen molar-refractivity contribution in [1.82, 2.24) is 24.5 Å². The standard InChI is InChI=1S/C17H20N6O3/c1-21(2)11-3-6-18-15-14(11)16-19-13(24)9-12(23(16)20-15)10-4-7-22(8-5-10)17(25)26/h3,6,9-10H,4-5,7-8H2,1-2H3,(H,19,24)(H,25,26). The number of fused-ring (bicyclic) bond motifs is 3. The fraction of sp³-hybridized carbons (Fsp3) is 0.412. The Kier molecular flexibility index (Phi) is 3.78. The number of pyridine rings is 1. The van der Waals surface area contributed by atoms with Crippen molar-refractivity contribution in [3.63, 3.8) is 0 Å². The van der Waals surface area contributed by atoms with Gasteiger partial charge in [-0.1, -0.05) is 0 Å². The Bertz CT molecular complexity index is 1050. The summed E-state index contributed by atoms with van der Waals surface area (Å²) in [6.45, 7) is 0.909. The van der Waals surface area contributed by atoms with Crippen LogP contribution < -0.4 is 10.5 Å². The van der Waals surface area contributed by atoms with Crippen LogP contribution in [0, 0.1) is 0 Å². The van der Waals surface area contributed by atoms with Crippen molar-refractivity contribution in [2.24, 2.45) is 0 Å². The molecule has 0 atom stereocenters. The lowest BCUT2D eigenvalue weighted by atomic mass is 9.93. The summed E-state index contributed by atoms with van der Waals surface area (Å²) in [6.07, 6.45) is 2.13. The van der Waals surface area contributed by atoms with E-state index in [0.717, 1.165) is 16.8 Å². The van der Waals surface area contributed by atoms with Crippen LogP contribution in [0.2, 0.25) is 0 Å². The minimum absolute atomic E-state index is 0.0764. The predicted molar refractivity (Wildman–Crippen MR) is 97.0 cm³/mol. The van der Waals surface area contributed by atoms with Gasteiger partial charge in [0.1, 0.15) is 5.65 Å². The third-order valence-corrected chi connectivity index (χ3v) is 4.98. The highest BCUT2D eigenvalue weighted by Crippen LogP contribution is 2.31. The van der Waals surface area contributed by atoms with Gasteiger partial charge in [0.05, 0.1) is 16.8 Å². The second-order valence-corrected chi connectivity index (χ2v) is 6.79. The Labute approximate surface area is 148 Å². The van der Waals surface area contributed by atoms with Crippen LogP contribution in [0.4, 0.5) is 10.5 Å². The van der Waals surface area contributed by atoms with E-state index in [1.807, 2.05) is 25.1 Å². The highest BCUT2D eigenvalue weighted by Gasteiger charge is 2.26. The molecule has 3 aromatic heterocycles. The van der Waals surface area contributed by atoms with Gasteiger partial charge in [0.15, 0.2) is 5.65 Å². The Morgan fingerprint density at radius 2 is 2.08 bits per heavy atom. The summed E-state index contributed by atoms with van der Waals surface area (Å²) in [5.74, 6) is 0.0764. The molecule has 3 aromatic rings. The molecule has 0 unspecified atom stereocenters. The first kappa shape index (κ1) is 16.4. The SMILES string of the molecule is CN(C)c1ccnc2nn3c(C4CCN(C(=O)O)CC4)cc(=O)[nH]c3c12. The summed E-state index contributed by atoms with van der Waals surface area (Å²) < 4.78 is 1.76. The lowest BCUT2D eigenvalue weighted by Gasteiger charge is -2.30. The third kappa shape index (κ3) is 2.56. The van der Waals surface area contributed by atoms with Gasteiger partial charge >= 0.3 is 6.09 Å². The molecule has 136 valence electrons. The molecule has 0 spiro atoms. The molecule has 4 heterocycles. The average Bonchev–Trinajstić information content (AvgIpc) is 2.99. The van der Waals surface area contributed by atoms with Crippen molar-refractivity contribution in [2.45, 2.75) is 18.8 Å². The number of aromatic nitrogens is 4. The minimum atomic E-state index is -0.899. The summed E-state index contributed by atoms with van der Waals surface area (Å²) in [5.41, 5.74) is 2.74. The number of hydrogen-bond acceptors (Lipinski definition) is 5. The number of hydrogen-bond donors (Lipinski definition) is 2. The number of carboxylic acid groups (broad SMARTS) is 1. The van der Waals surface area contributed by atoms with E-state index in [0.29, 0.717) is 37.2 Å². The van der Waals surface area contributed by atoms with Crippen LogP contribution >= 0.6 is 0 Å². The molecule has 1 saturated heterocycles. The number of H-pyrrole nitrogens is 1. The molecule has 26 heavy (non-hydrogen) atoms. The second kappa shape index (κ2) is 6.01. The van der Waals surface area contributed by atoms with Crippen LogP contribution in [0.15, 0.2) is 23.1 Å². The first-order valence-corrected chi connectivity index (χ1v) is 8.51. The lowest BCUT2D eigenvalue weighted by molar-refractivity contribution is 0.131. The molecule has 9 nitrogen and oxygen atoms in total. The molecule has 1 aliphatic rings. The number of rotatable bonds is 2. The van der Waals surface area contributed by atoms with Gasteiger partial charge in [-0.3, -0.25) is 4.79 Å². The zero-order valence-corrected chi connectivity index (χ0v) is 14.6. The molecule has 4 rings (SSSR count). The molecule has 0 aliphatic carbocycles. The molecule has 0 bridgehead atoms. The molecular formula is C17H20N6O3. The first-order valence-electron chi connectivity index (χ1n) is 8.51. The number of nitrogens with one attached hydrogen (secondary N) is 1. The summed E-state index contributed by atoms with van der Waals surface area (Å²) in [7, 11) is 3.86. The van der Waals surface area contributed by atoms with Crippen LogP contribution in [-0.4, -0.2) is 62.9 Å². The Balaban J connectivity index is 1.86. The Hall–Kier alpha value is -3.10. The van der Waals surface area contributed by atoms with Gasteiger partial charge in [-0.05, 0) is 18.9 Å². The molecule has 2 N–H and O–H groups in total. The zero-order valence-electron chi connectivity index (χ0n) is 14.6. The van der Waals surface area contributed by atoms with Gasteiger partial charge in [-0.2, -0.15) is 0 Å². The fourth-order valence-electron chi connectivity index (χ4n) is 3.68. The van der Waals surface area contributed by atoms with Crippen molar-refractivity contribution < 1.29 is 9.90 Å². The molecule has 1 amide bonds. The van der Waals surface area contributed by atoms with E-state index in [-0.39, 0.29) is 11.5 Å². The number of piperidine rings is 1. The summed E-state index contributed by atoms with van der Waals surface area (Å²) >= 11 is 0. The van der Waals surface area contributed by atoms with Crippen molar-refractivity contribution >= 4 is 28.5 Å². The van der Waals surface area contributed by atoms with Gasteiger partial charge in [0, 0.05) is 45.4 Å². The second-order valence-electron chi connectivity index (χ2n) is 6.79. The van der Waals surface area contributed by atoms with E-state index in [2.05, 4.69) is 15.1 Å². The summed E-state index contributed by atoms with van der Waals surface area (Å²) in [6, 6.07) is 3.45. The molecular weight excluding hydrogens is 336 g/mol. The molecule has 0 radical (unpaired) electrons. The van der Waals surface area contributed by atoms with Crippen LogP contribution in [0.1, 0.15) is 24.5 Å². The maximum Gasteiger partial charge on any atom is 0.407 e. The van der Waals surface area contributed by atoms with E-state index >= 15 is 0 Å². The quantitative estimate of drug-likeness (QED) is 0.720. The largest absolute Gasteiger partial charge is 0.465 e. The number of carbonyl (C=O) groups is 1. The van der Waals surface area contributed by atoms with Crippen LogP contribution in [0.3, 0.4) is 0 Å². The average molecular weight is 356 g/mol. The first-order chi connectivity index (χ1) is 12.5. The topological polar surface area (TPSA) is 107 Å². The van der Waals surface area contributed by atoms with E-state index in [4.69, 9.17) is 5.11 Å². The van der Waals surface area contributed by atoms with Crippen molar-refractivity contribution in [2.75, 3.05) is 32.1 Å². The van der Waals surface area contributed by atoms with Gasteiger partial charge in [0.25, 0.3) is 5.56 Å². The predicted octanol–water partition coefficient (Wildman–Crippen LogP) is 1.49. The van der Waals surface area contributed by atoms with Crippen LogP contribution in [0.5, 0.6) is 0 Å². The lowest BCUT2D eigenvalue weighted by Crippen LogP contribution is -2.37. The third-order valence-electron chi connectivity index (χ3n) is 4.98. The number of nitrogens with zero attached hydrogens (tertiary/aromatic N) is 5. The molecule has 9 heteroatoms. The zero-order chi connectivity index (χ0) is 18.4. The van der Waals surface area contributed by atoms with Gasteiger partial charge in [-0.15, -0.1) is 5.10 Å². The normalized spacial score (nSPS) is 15.7. The van der Waals surface area contributed by atoms with E-state index < -0.39 is 6.09 Å². The van der Waals surface area contributed by atoms with E-state index in [1.54, 1.807) is 16.8 Å². The highest BCUT2D eigenvalue weighted by molar-refractivity contribution is 6.00. The number of amides is 1. The van der Waals surface area contributed by atoms with E-state index in [1.165, 1.54) is 4.90 Å². The fourth-order valence-corrected chi connectivity index (χ4v) is 3.68. The molecule has 0 saturated carbocycles. The van der Waals surface area contributed by atoms with Crippen LogP contribution in [-0.2, 0) is 0 Å². The monoisotopic (exact) mass is 356 g/mol. The Morgan fingerprint density at radius 3 is 2.73 bits per heavy atom. The smallest absolute Gasteiger partial charge is 0.407 e. The molecule has 1 fully saturated rings. The van der Waals surface area contributed by atoms with Gasteiger partial charge in [-0.25, -0.2) is 14.3 Å². The van der Waals surface area contributed by atoms with Crippen molar-refractivity contribution in [3.05, 3.63) is 34.4 Å². The van der Waals surface area contributed by atoms with Crippen LogP contribution in [0.25, 0.3) is 16.7 Å². The van der Waals surface area contributed by atoms with Crippen molar-refractivity contribution in [3.8, 4) is 0 Å². The Morgan fingerprint density at radius 1 is 1.35 bits per heavy atom.